The maximum atomic E-state index is 12.7. The molecule has 1 N–H and O–H groups in total. The van der Waals surface area contributed by atoms with Crippen molar-refractivity contribution in [2.75, 3.05) is 5.75 Å². The van der Waals surface area contributed by atoms with Crippen LogP contribution in [0.15, 0.2) is 62.4 Å². The molecule has 0 unspecified atom stereocenters. The number of carbonyl (C=O) groups excluding carboxylic acids is 2. The third-order valence-corrected chi connectivity index (χ3v) is 7.51. The Labute approximate surface area is 219 Å². The fourth-order valence-electron chi connectivity index (χ4n) is 4.32. The molecule has 37 heavy (non-hydrogen) atoms. The minimum absolute atomic E-state index is 0.0502. The number of furan rings is 1. The number of amides is 1. The van der Waals surface area contributed by atoms with Crippen LogP contribution in [-0.4, -0.2) is 23.7 Å². The van der Waals surface area contributed by atoms with Crippen molar-refractivity contribution in [2.45, 2.75) is 57.7 Å². The van der Waals surface area contributed by atoms with Crippen molar-refractivity contribution >= 4 is 45.6 Å². The van der Waals surface area contributed by atoms with Gasteiger partial charge in [0.05, 0.1) is 18.3 Å². The molecule has 1 atom stereocenters. The second-order valence-corrected chi connectivity index (χ2v) is 11.2. The van der Waals surface area contributed by atoms with Crippen molar-refractivity contribution in [3.8, 4) is 0 Å². The molecule has 0 spiro atoms. The van der Waals surface area contributed by atoms with Gasteiger partial charge in [-0.15, -0.1) is 0 Å². The number of aryl methyl sites for hydroxylation is 1. The second kappa shape index (κ2) is 10.8. The number of benzene rings is 2. The molecule has 2 aromatic carbocycles. The van der Waals surface area contributed by atoms with Gasteiger partial charge < -0.3 is 24.1 Å². The van der Waals surface area contributed by atoms with Gasteiger partial charge >= 0.3 is 5.63 Å². The fourth-order valence-corrected chi connectivity index (χ4v) is 5.32. The number of fused-ring (bicyclic) bond motifs is 2. The van der Waals surface area contributed by atoms with Gasteiger partial charge in [0, 0.05) is 45.9 Å². The summed E-state index contributed by atoms with van der Waals surface area (Å²) in [6.07, 6.45) is 1.81. The summed E-state index contributed by atoms with van der Waals surface area (Å²) in [4.78, 5) is 36.9. The van der Waals surface area contributed by atoms with Gasteiger partial charge in [0.25, 0.3) is 0 Å². The van der Waals surface area contributed by atoms with Crippen molar-refractivity contribution in [1.82, 2.24) is 5.32 Å². The zero-order valence-electron chi connectivity index (χ0n) is 21.4. The van der Waals surface area contributed by atoms with Crippen molar-refractivity contribution < 1.29 is 23.5 Å². The molecule has 0 aliphatic rings. The van der Waals surface area contributed by atoms with Crippen LogP contribution in [-0.2, 0) is 27.2 Å². The second-order valence-electron chi connectivity index (χ2n) is 10.2. The molecule has 2 aromatic heterocycles. The first kappa shape index (κ1) is 26.5. The quantitative estimate of drug-likeness (QED) is 0.328. The fraction of sp³-hybridized carbons (Fsp3) is 0.345. The number of aliphatic carboxylic acids is 1. The average molecular weight is 521 g/mol. The molecule has 4 rings (SSSR count). The molecule has 0 aliphatic carbocycles. The van der Waals surface area contributed by atoms with E-state index in [1.54, 1.807) is 12.3 Å². The van der Waals surface area contributed by atoms with Gasteiger partial charge in [0.1, 0.15) is 11.2 Å². The Hall–Kier alpha value is -3.52. The number of carbonyl (C=O) groups is 2. The summed E-state index contributed by atoms with van der Waals surface area (Å²) < 4.78 is 11.3. The van der Waals surface area contributed by atoms with Crippen LogP contribution in [0.25, 0.3) is 21.9 Å². The molecule has 8 heteroatoms. The molecule has 0 saturated heterocycles. The Balaban J connectivity index is 1.47. The van der Waals surface area contributed by atoms with E-state index in [1.807, 2.05) is 43.3 Å². The molecular formula is C29H30NO6S-. The number of carboxylic acid groups (broad SMARTS) is 1. The van der Waals surface area contributed by atoms with Gasteiger partial charge in [-0.25, -0.2) is 4.79 Å². The Morgan fingerprint density at radius 3 is 2.49 bits per heavy atom. The van der Waals surface area contributed by atoms with Crippen LogP contribution < -0.4 is 16.0 Å². The van der Waals surface area contributed by atoms with Crippen molar-refractivity contribution in [3.05, 3.63) is 81.4 Å². The van der Waals surface area contributed by atoms with Crippen LogP contribution in [0.4, 0.5) is 0 Å². The summed E-state index contributed by atoms with van der Waals surface area (Å²) in [5.74, 6) is -1.00. The highest BCUT2D eigenvalue weighted by Gasteiger charge is 2.22. The SMILES string of the molecule is Cc1c(CCC(=O)N[C@@H](CSCc2ccccc2)C(=O)[O-])c(=O)oc2cc3occ(C(C)(C)C)c3cc12. The Kier molecular flexibility index (Phi) is 7.78. The van der Waals surface area contributed by atoms with Gasteiger partial charge in [-0.2, -0.15) is 11.8 Å². The molecule has 0 radical (unpaired) electrons. The summed E-state index contributed by atoms with van der Waals surface area (Å²) in [6.45, 7) is 8.14. The van der Waals surface area contributed by atoms with E-state index in [0.29, 0.717) is 22.5 Å². The molecule has 1 amide bonds. The lowest BCUT2D eigenvalue weighted by molar-refractivity contribution is -0.307. The lowest BCUT2D eigenvalue weighted by atomic mass is 9.86. The Morgan fingerprint density at radius 2 is 1.81 bits per heavy atom. The molecule has 2 heterocycles. The predicted octanol–water partition coefficient (Wildman–Crippen LogP) is 4.25. The Bertz CT molecular complexity index is 1500. The molecule has 0 aliphatic heterocycles. The molecule has 4 aromatic rings. The zero-order valence-corrected chi connectivity index (χ0v) is 22.2. The summed E-state index contributed by atoms with van der Waals surface area (Å²) >= 11 is 1.40. The first-order chi connectivity index (χ1) is 17.5. The van der Waals surface area contributed by atoms with Crippen LogP contribution in [0.3, 0.4) is 0 Å². The van der Waals surface area contributed by atoms with Gasteiger partial charge in [0.2, 0.25) is 5.91 Å². The predicted molar refractivity (Wildman–Crippen MR) is 144 cm³/mol. The van der Waals surface area contributed by atoms with Gasteiger partial charge in [-0.3, -0.25) is 4.79 Å². The third kappa shape index (κ3) is 6.07. The van der Waals surface area contributed by atoms with Crippen LogP contribution in [0, 0.1) is 6.92 Å². The molecule has 0 saturated carbocycles. The van der Waals surface area contributed by atoms with Gasteiger partial charge in [0.15, 0.2) is 0 Å². The first-order valence-corrected chi connectivity index (χ1v) is 13.3. The third-order valence-electron chi connectivity index (χ3n) is 6.41. The number of thioether (sulfide) groups is 1. The van der Waals surface area contributed by atoms with E-state index in [4.69, 9.17) is 8.83 Å². The highest BCUT2D eigenvalue weighted by Crippen LogP contribution is 2.35. The van der Waals surface area contributed by atoms with E-state index >= 15 is 0 Å². The van der Waals surface area contributed by atoms with Crippen LogP contribution >= 0.6 is 11.8 Å². The van der Waals surface area contributed by atoms with E-state index in [0.717, 1.165) is 27.5 Å². The number of nitrogens with one attached hydrogen (secondary N) is 1. The number of hydrogen-bond donors (Lipinski definition) is 1. The van der Waals surface area contributed by atoms with E-state index in [9.17, 15) is 19.5 Å². The van der Waals surface area contributed by atoms with E-state index < -0.39 is 23.5 Å². The molecule has 194 valence electrons. The van der Waals surface area contributed by atoms with E-state index in [-0.39, 0.29) is 24.0 Å². The molecule has 7 nitrogen and oxygen atoms in total. The molecular weight excluding hydrogens is 490 g/mol. The smallest absolute Gasteiger partial charge is 0.339 e. The summed E-state index contributed by atoms with van der Waals surface area (Å²) in [6, 6.07) is 12.2. The first-order valence-electron chi connectivity index (χ1n) is 12.1. The summed E-state index contributed by atoms with van der Waals surface area (Å²) in [5.41, 5.74) is 3.66. The van der Waals surface area contributed by atoms with E-state index in [2.05, 4.69) is 26.1 Å². The topological polar surface area (TPSA) is 113 Å². The van der Waals surface area contributed by atoms with Gasteiger partial charge in [-0.1, -0.05) is 51.1 Å². The van der Waals surface area contributed by atoms with Crippen LogP contribution in [0.1, 0.15) is 49.4 Å². The number of carboxylic acids is 1. The maximum absolute atomic E-state index is 12.7. The largest absolute Gasteiger partial charge is 0.548 e. The number of hydrogen-bond acceptors (Lipinski definition) is 7. The minimum Gasteiger partial charge on any atom is -0.548 e. The standard InChI is InChI=1S/C29H31NO6S/c1-17-19(10-11-26(31)30-23(27(32)33)16-37-15-18-8-6-5-7-9-18)28(34)36-25-13-24-21(12-20(17)25)22(14-35-24)29(2,3)4/h5-9,12-14,23H,10-11,15-16H2,1-4H3,(H,30,31)(H,32,33)/p-1/t23-/m0/s1. The highest BCUT2D eigenvalue weighted by molar-refractivity contribution is 7.98. The lowest BCUT2D eigenvalue weighted by Gasteiger charge is -2.19. The number of rotatable bonds is 9. The van der Waals surface area contributed by atoms with Crippen molar-refractivity contribution in [1.29, 1.82) is 0 Å². The van der Waals surface area contributed by atoms with Crippen LogP contribution in [0.2, 0.25) is 0 Å². The normalized spacial score (nSPS) is 12.6. The Morgan fingerprint density at radius 1 is 1.08 bits per heavy atom. The zero-order chi connectivity index (χ0) is 26.7. The van der Waals surface area contributed by atoms with Crippen molar-refractivity contribution in [3.63, 3.8) is 0 Å². The van der Waals surface area contributed by atoms with Gasteiger partial charge in [-0.05, 0) is 36.0 Å². The lowest BCUT2D eigenvalue weighted by Crippen LogP contribution is -2.49. The minimum atomic E-state index is -1.34. The molecule has 0 fully saturated rings. The molecule has 0 bridgehead atoms. The summed E-state index contributed by atoms with van der Waals surface area (Å²) in [5, 5.41) is 15.8. The maximum Gasteiger partial charge on any atom is 0.339 e. The van der Waals surface area contributed by atoms with Crippen molar-refractivity contribution in [2.24, 2.45) is 0 Å². The van der Waals surface area contributed by atoms with E-state index in [1.165, 1.54) is 11.8 Å². The van der Waals surface area contributed by atoms with Crippen LogP contribution in [0.5, 0.6) is 0 Å². The average Bonchev–Trinajstić information content (AvgIpc) is 3.26. The monoisotopic (exact) mass is 520 g/mol. The summed E-state index contributed by atoms with van der Waals surface area (Å²) in [7, 11) is 0. The highest BCUT2D eigenvalue weighted by atomic mass is 32.2.